The lowest BCUT2D eigenvalue weighted by Crippen LogP contribution is -2.40. The molecule has 1 aromatic heterocycles. The Morgan fingerprint density at radius 2 is 2.00 bits per heavy atom. The van der Waals surface area contributed by atoms with Gasteiger partial charge in [-0.2, -0.15) is 0 Å². The number of rotatable bonds is 2. The Kier molecular flexibility index (Phi) is 3.58. The summed E-state index contributed by atoms with van der Waals surface area (Å²) in [4.78, 5) is 15.8. The zero-order valence-electron chi connectivity index (χ0n) is 9.73. The van der Waals surface area contributed by atoms with E-state index in [9.17, 15) is 4.79 Å². The maximum atomic E-state index is 11.9. The molecule has 17 heavy (non-hydrogen) atoms. The Labute approximate surface area is 101 Å². The van der Waals surface area contributed by atoms with E-state index in [1.54, 1.807) is 12.1 Å². The van der Waals surface area contributed by atoms with Crippen LogP contribution in [0.3, 0.4) is 0 Å². The number of anilines is 1. The number of hydrogen-bond acceptors (Lipinski definition) is 4. The van der Waals surface area contributed by atoms with Crippen molar-refractivity contribution in [1.82, 2.24) is 10.3 Å². The summed E-state index contributed by atoms with van der Waals surface area (Å²) in [6.45, 7) is 0. The van der Waals surface area contributed by atoms with Gasteiger partial charge in [0.15, 0.2) is 0 Å². The molecule has 0 radical (unpaired) electrons. The highest BCUT2D eigenvalue weighted by Crippen LogP contribution is 2.17. The van der Waals surface area contributed by atoms with Crippen LogP contribution in [0.2, 0.25) is 0 Å². The molecule has 0 atom stereocenters. The van der Waals surface area contributed by atoms with E-state index < -0.39 is 0 Å². The summed E-state index contributed by atoms with van der Waals surface area (Å²) in [5, 5.41) is 3.00. The molecule has 0 aromatic carbocycles. The third-order valence-electron chi connectivity index (χ3n) is 3.16. The highest BCUT2D eigenvalue weighted by molar-refractivity contribution is 5.94. The van der Waals surface area contributed by atoms with Gasteiger partial charge < -0.3 is 16.8 Å². The SMILES string of the molecule is Nc1ccc(C(=O)N[C@H]2CC[C@H](N)CC2)cn1. The maximum absolute atomic E-state index is 11.9. The third kappa shape index (κ3) is 3.17. The highest BCUT2D eigenvalue weighted by Gasteiger charge is 2.20. The van der Waals surface area contributed by atoms with Crippen LogP contribution in [0, 0.1) is 0 Å². The number of nitrogens with two attached hydrogens (primary N) is 2. The molecule has 1 fully saturated rings. The number of nitrogens with one attached hydrogen (secondary N) is 1. The first-order valence-electron chi connectivity index (χ1n) is 5.93. The van der Waals surface area contributed by atoms with Gasteiger partial charge in [-0.05, 0) is 37.8 Å². The number of carbonyl (C=O) groups is 1. The molecule has 5 N–H and O–H groups in total. The van der Waals surface area contributed by atoms with Crippen LogP contribution >= 0.6 is 0 Å². The lowest BCUT2D eigenvalue weighted by molar-refractivity contribution is 0.0925. The van der Waals surface area contributed by atoms with Crippen molar-refractivity contribution in [3.63, 3.8) is 0 Å². The first-order valence-corrected chi connectivity index (χ1v) is 5.93. The van der Waals surface area contributed by atoms with Crippen molar-refractivity contribution < 1.29 is 4.79 Å². The number of pyridine rings is 1. The van der Waals surface area contributed by atoms with Crippen molar-refractivity contribution in [2.24, 2.45) is 5.73 Å². The Morgan fingerprint density at radius 3 is 2.59 bits per heavy atom. The molecule has 5 heteroatoms. The summed E-state index contributed by atoms with van der Waals surface area (Å²) in [7, 11) is 0. The molecular formula is C12H18N4O. The molecule has 92 valence electrons. The molecule has 1 aliphatic rings. The summed E-state index contributed by atoms with van der Waals surface area (Å²) in [6, 6.07) is 3.85. The minimum atomic E-state index is -0.0852. The lowest BCUT2D eigenvalue weighted by Gasteiger charge is -2.26. The molecule has 1 saturated carbocycles. The van der Waals surface area contributed by atoms with Gasteiger partial charge in [0.2, 0.25) is 0 Å². The van der Waals surface area contributed by atoms with Crippen LogP contribution in [0.4, 0.5) is 5.82 Å². The molecule has 0 bridgehead atoms. The van der Waals surface area contributed by atoms with Gasteiger partial charge in [-0.3, -0.25) is 4.79 Å². The molecule has 0 spiro atoms. The summed E-state index contributed by atoms with van der Waals surface area (Å²) >= 11 is 0. The lowest BCUT2D eigenvalue weighted by atomic mass is 9.92. The number of amides is 1. The van der Waals surface area contributed by atoms with Gasteiger partial charge in [0.05, 0.1) is 5.56 Å². The van der Waals surface area contributed by atoms with E-state index >= 15 is 0 Å². The van der Waals surface area contributed by atoms with Crippen LogP contribution < -0.4 is 16.8 Å². The summed E-state index contributed by atoms with van der Waals surface area (Å²) < 4.78 is 0. The number of hydrogen-bond donors (Lipinski definition) is 3. The van der Waals surface area contributed by atoms with Crippen LogP contribution in [0.5, 0.6) is 0 Å². The van der Waals surface area contributed by atoms with Gasteiger partial charge in [0.25, 0.3) is 5.91 Å². The molecule has 5 nitrogen and oxygen atoms in total. The van der Waals surface area contributed by atoms with Crippen LogP contribution in [0.1, 0.15) is 36.0 Å². The summed E-state index contributed by atoms with van der Waals surface area (Å²) in [5.74, 6) is 0.336. The number of carbonyl (C=O) groups excluding carboxylic acids is 1. The predicted octanol–water partition coefficient (Wildman–Crippen LogP) is 0.663. The predicted molar refractivity (Wildman–Crippen MR) is 66.3 cm³/mol. The maximum Gasteiger partial charge on any atom is 0.253 e. The average molecular weight is 234 g/mol. The van der Waals surface area contributed by atoms with Gasteiger partial charge in [-0.25, -0.2) is 4.98 Å². The minimum Gasteiger partial charge on any atom is -0.384 e. The second kappa shape index (κ2) is 5.14. The van der Waals surface area contributed by atoms with Crippen molar-refractivity contribution in [3.05, 3.63) is 23.9 Å². The quantitative estimate of drug-likeness (QED) is 0.700. The smallest absolute Gasteiger partial charge is 0.253 e. The van der Waals surface area contributed by atoms with E-state index in [4.69, 9.17) is 11.5 Å². The average Bonchev–Trinajstić information content (AvgIpc) is 2.33. The molecule has 0 unspecified atom stereocenters. The summed E-state index contributed by atoms with van der Waals surface area (Å²) in [6.07, 6.45) is 5.36. The Bertz CT molecular complexity index is 382. The molecule has 1 aromatic rings. The van der Waals surface area contributed by atoms with Crippen LogP contribution in [-0.4, -0.2) is 23.0 Å². The molecular weight excluding hydrogens is 216 g/mol. The number of aromatic nitrogens is 1. The first kappa shape index (κ1) is 11.9. The van der Waals surface area contributed by atoms with E-state index in [-0.39, 0.29) is 11.9 Å². The summed E-state index contributed by atoms with van der Waals surface area (Å²) in [5.41, 5.74) is 11.8. The third-order valence-corrected chi connectivity index (χ3v) is 3.16. The molecule has 1 heterocycles. The minimum absolute atomic E-state index is 0.0852. The highest BCUT2D eigenvalue weighted by atomic mass is 16.1. The largest absolute Gasteiger partial charge is 0.384 e. The van der Waals surface area contributed by atoms with Gasteiger partial charge >= 0.3 is 0 Å². The van der Waals surface area contributed by atoms with Gasteiger partial charge in [-0.15, -0.1) is 0 Å². The fourth-order valence-corrected chi connectivity index (χ4v) is 2.07. The van der Waals surface area contributed by atoms with Gasteiger partial charge in [0.1, 0.15) is 5.82 Å². The zero-order valence-corrected chi connectivity index (χ0v) is 9.73. The normalized spacial score (nSPS) is 24.3. The van der Waals surface area contributed by atoms with E-state index in [2.05, 4.69) is 10.3 Å². The van der Waals surface area contributed by atoms with Crippen molar-refractivity contribution >= 4 is 11.7 Å². The van der Waals surface area contributed by atoms with Crippen LogP contribution in [0.15, 0.2) is 18.3 Å². The molecule has 0 saturated heterocycles. The molecule has 2 rings (SSSR count). The van der Waals surface area contributed by atoms with Crippen molar-refractivity contribution in [2.75, 3.05) is 5.73 Å². The van der Waals surface area contributed by atoms with E-state index in [1.807, 2.05) is 0 Å². The fraction of sp³-hybridized carbons (Fsp3) is 0.500. The first-order chi connectivity index (χ1) is 8.15. The monoisotopic (exact) mass is 234 g/mol. The van der Waals surface area contributed by atoms with Crippen molar-refractivity contribution in [2.45, 2.75) is 37.8 Å². The van der Waals surface area contributed by atoms with Gasteiger partial charge in [0, 0.05) is 18.3 Å². The van der Waals surface area contributed by atoms with Crippen LogP contribution in [0.25, 0.3) is 0 Å². The van der Waals surface area contributed by atoms with E-state index in [1.165, 1.54) is 6.20 Å². The van der Waals surface area contributed by atoms with Crippen molar-refractivity contribution in [3.8, 4) is 0 Å². The van der Waals surface area contributed by atoms with Crippen LogP contribution in [-0.2, 0) is 0 Å². The molecule has 0 aliphatic heterocycles. The number of nitrogens with zero attached hydrogens (tertiary/aromatic N) is 1. The van der Waals surface area contributed by atoms with E-state index in [0.29, 0.717) is 17.4 Å². The standard InChI is InChI=1S/C12H18N4O/c13-9-2-4-10(5-3-9)16-12(17)8-1-6-11(14)15-7-8/h1,6-7,9-10H,2-5,13H2,(H2,14,15)(H,16,17)/t9-,10-. The zero-order chi connectivity index (χ0) is 12.3. The van der Waals surface area contributed by atoms with Crippen molar-refractivity contribution in [1.29, 1.82) is 0 Å². The Hall–Kier alpha value is -1.62. The second-order valence-electron chi connectivity index (χ2n) is 4.56. The Balaban J connectivity index is 1.91. The topological polar surface area (TPSA) is 94.0 Å². The van der Waals surface area contributed by atoms with E-state index in [0.717, 1.165) is 25.7 Å². The molecule has 1 aliphatic carbocycles. The number of nitrogen functional groups attached to an aromatic ring is 1. The van der Waals surface area contributed by atoms with Gasteiger partial charge in [-0.1, -0.05) is 0 Å². The Morgan fingerprint density at radius 1 is 1.29 bits per heavy atom. The molecule has 1 amide bonds. The fourth-order valence-electron chi connectivity index (χ4n) is 2.07. The second-order valence-corrected chi connectivity index (χ2v) is 4.56.